The predicted molar refractivity (Wildman–Crippen MR) is 109 cm³/mol. The largest absolute Gasteiger partial charge is 0.460 e. The summed E-state index contributed by atoms with van der Waals surface area (Å²) in [5.74, 6) is -77.4. The zero-order valence-electron chi connectivity index (χ0n) is 21.6. The Morgan fingerprint density at radius 2 is 0.870 bits per heavy atom. The minimum absolute atomic E-state index is 0.0374. The predicted octanol–water partition coefficient (Wildman–Crippen LogP) is 8.97. The van der Waals surface area contributed by atoms with Crippen LogP contribution >= 0.6 is 0 Å². The monoisotopic (exact) mass is 717 g/mol. The molecule has 3 rings (SSSR count). The van der Waals surface area contributed by atoms with Gasteiger partial charge in [-0.3, -0.25) is 0 Å². The van der Waals surface area contributed by atoms with Gasteiger partial charge >= 0.3 is 59.5 Å². The molecule has 0 saturated carbocycles. The number of hydrogen-bond acceptors (Lipinski definition) is 0. The summed E-state index contributed by atoms with van der Waals surface area (Å²) in [6.45, 7) is -0.668. The highest BCUT2D eigenvalue weighted by Gasteiger charge is 2.98. The second kappa shape index (κ2) is 10.5. The van der Waals surface area contributed by atoms with Crippen molar-refractivity contribution in [3.8, 4) is 11.3 Å². The van der Waals surface area contributed by atoms with Gasteiger partial charge in [0.05, 0.1) is 6.54 Å². The Hall–Kier alpha value is -3.04. The molecule has 1 aliphatic heterocycles. The highest BCUT2D eigenvalue weighted by atomic mass is 19.4. The third-order valence-electron chi connectivity index (χ3n) is 7.00. The maximum atomic E-state index is 15.3. The van der Waals surface area contributed by atoms with Gasteiger partial charge in [0.1, 0.15) is 11.3 Å². The van der Waals surface area contributed by atoms with Crippen molar-refractivity contribution in [2.75, 3.05) is 0 Å². The van der Waals surface area contributed by atoms with Crippen molar-refractivity contribution in [3.05, 3.63) is 42.1 Å². The first kappa shape index (κ1) is 37.4. The molecule has 1 aromatic heterocycles. The van der Waals surface area contributed by atoms with Crippen LogP contribution in [0.25, 0.3) is 11.3 Å². The molecule has 0 fully saturated rings. The number of hydrogen-bond donors (Lipinski definition) is 0. The van der Waals surface area contributed by atoms with Gasteiger partial charge in [-0.15, -0.1) is 4.68 Å². The van der Waals surface area contributed by atoms with Crippen LogP contribution in [0.1, 0.15) is 18.4 Å². The second-order valence-corrected chi connectivity index (χ2v) is 9.92. The fourth-order valence-electron chi connectivity index (χ4n) is 4.37. The molecule has 0 N–H and O–H groups in total. The van der Waals surface area contributed by atoms with E-state index >= 15 is 8.78 Å². The fourth-order valence-corrected chi connectivity index (χ4v) is 4.37. The summed E-state index contributed by atoms with van der Waals surface area (Å²) in [5, 5.41) is 0. The quantitative estimate of drug-likeness (QED) is 0.172. The van der Waals surface area contributed by atoms with Gasteiger partial charge in [-0.1, -0.05) is 30.3 Å². The van der Waals surface area contributed by atoms with Crippen molar-refractivity contribution in [2.24, 2.45) is 0 Å². The van der Waals surface area contributed by atoms with E-state index in [4.69, 9.17) is 0 Å². The molecule has 23 heteroatoms. The van der Waals surface area contributed by atoms with Crippen LogP contribution in [-0.2, 0) is 19.0 Å². The average molecular weight is 717 g/mol. The molecule has 2 heterocycles. The second-order valence-electron chi connectivity index (χ2n) is 9.92. The lowest BCUT2D eigenvalue weighted by Crippen LogP contribution is -2.76. The van der Waals surface area contributed by atoms with Crippen LogP contribution in [0.4, 0.5) is 92.2 Å². The van der Waals surface area contributed by atoms with Gasteiger partial charge < -0.3 is 0 Å². The summed E-state index contributed by atoms with van der Waals surface area (Å²) in [4.78, 5) is 0. The Balaban J connectivity index is 2.22. The number of benzene rings is 1. The Morgan fingerprint density at radius 3 is 1.28 bits per heavy atom. The van der Waals surface area contributed by atoms with E-state index in [9.17, 15) is 83.4 Å². The van der Waals surface area contributed by atoms with Gasteiger partial charge in [0.25, 0.3) is 0 Å². The van der Waals surface area contributed by atoms with Crippen LogP contribution in [0.3, 0.4) is 0 Å². The number of alkyl halides is 21. The standard InChI is InChI=1S/C23H14F21N2/c24-14(25,12-10-45-8-4-5-9-46(45)13(12)11-6-2-1-3-7-11)15(26,27)16(28,29)17(30,31)18(32,33)19(34,35)20(36,37)21(38,39)22(40,41)23(42,43)44/h1-3,6-7,10H,4-5,8-9H2/q+1. The van der Waals surface area contributed by atoms with Crippen molar-refractivity contribution in [2.45, 2.75) is 85.4 Å². The molecule has 0 radical (unpaired) electrons. The van der Waals surface area contributed by atoms with E-state index in [0.717, 1.165) is 28.9 Å². The maximum absolute atomic E-state index is 15.3. The van der Waals surface area contributed by atoms with Crippen molar-refractivity contribution in [1.82, 2.24) is 4.68 Å². The van der Waals surface area contributed by atoms with E-state index in [1.165, 1.54) is 6.07 Å². The minimum Gasteiger partial charge on any atom is -0.194 e. The molecular formula is C23H14F21N2+. The first-order valence-corrected chi connectivity index (χ1v) is 12.0. The van der Waals surface area contributed by atoms with Crippen molar-refractivity contribution < 1.29 is 96.9 Å². The molecule has 0 atom stereocenters. The highest BCUT2D eigenvalue weighted by Crippen LogP contribution is 2.67. The molecular weight excluding hydrogens is 703 g/mol. The van der Waals surface area contributed by atoms with Crippen molar-refractivity contribution in [1.29, 1.82) is 0 Å². The van der Waals surface area contributed by atoms with E-state index in [-0.39, 0.29) is 32.1 Å². The lowest BCUT2D eigenvalue weighted by Gasteiger charge is -2.44. The normalized spacial score (nSPS) is 16.9. The van der Waals surface area contributed by atoms with E-state index < -0.39 is 76.3 Å². The molecule has 0 bridgehead atoms. The number of halogens is 21. The number of aromatic nitrogens is 2. The van der Waals surface area contributed by atoms with Crippen molar-refractivity contribution >= 4 is 0 Å². The summed E-state index contributed by atoms with van der Waals surface area (Å²) in [7, 11) is 0. The van der Waals surface area contributed by atoms with Gasteiger partial charge in [-0.25, -0.2) is 0 Å². The Labute approximate surface area is 241 Å². The van der Waals surface area contributed by atoms with Gasteiger partial charge in [0, 0.05) is 12.0 Å². The molecule has 2 aromatic rings. The van der Waals surface area contributed by atoms with Gasteiger partial charge in [-0.2, -0.15) is 96.9 Å². The van der Waals surface area contributed by atoms with E-state index in [1.54, 1.807) is 0 Å². The third kappa shape index (κ3) is 4.62. The summed E-state index contributed by atoms with van der Waals surface area (Å²) in [6, 6.07) is 5.11. The Kier molecular flexibility index (Phi) is 8.52. The third-order valence-corrected chi connectivity index (χ3v) is 7.00. The molecule has 1 aromatic carbocycles. The number of rotatable bonds is 10. The zero-order valence-corrected chi connectivity index (χ0v) is 21.6. The Morgan fingerprint density at radius 1 is 0.478 bits per heavy atom. The number of fused-ring (bicyclic) bond motifs is 1. The Bertz CT molecular complexity index is 1420. The van der Waals surface area contributed by atoms with Crippen LogP contribution in [0.5, 0.6) is 0 Å². The van der Waals surface area contributed by atoms with E-state index in [1.807, 2.05) is 0 Å². The molecule has 0 aliphatic carbocycles. The first-order chi connectivity index (χ1) is 20.3. The van der Waals surface area contributed by atoms with Crippen LogP contribution in [0.2, 0.25) is 0 Å². The lowest BCUT2D eigenvalue weighted by atomic mass is 9.85. The summed E-state index contributed by atoms with van der Waals surface area (Å²) < 4.78 is 292. The van der Waals surface area contributed by atoms with Crippen LogP contribution in [-0.4, -0.2) is 58.2 Å². The average Bonchev–Trinajstić information content (AvgIpc) is 3.32. The lowest BCUT2D eigenvalue weighted by molar-refractivity contribution is -0.781. The minimum atomic E-state index is -9.20. The first-order valence-electron chi connectivity index (χ1n) is 12.0. The van der Waals surface area contributed by atoms with Crippen LogP contribution < -0.4 is 4.68 Å². The van der Waals surface area contributed by atoms with Crippen LogP contribution in [0.15, 0.2) is 36.5 Å². The molecule has 0 unspecified atom stereocenters. The van der Waals surface area contributed by atoms with E-state index in [2.05, 4.69) is 0 Å². The number of nitrogens with zero attached hydrogens (tertiary/aromatic N) is 2. The SMILES string of the molecule is FC(F)(F)C(F)(F)C(F)(F)C(F)(F)C(F)(F)C(F)(F)C(F)(F)C(F)(F)C(F)(F)C(F)(F)c1c[n+]2n(c1-c1ccccc1)CCCC2. The molecule has 46 heavy (non-hydrogen) atoms. The molecule has 262 valence electrons. The number of aryl methyl sites for hydroxylation is 1. The molecule has 0 saturated heterocycles. The maximum Gasteiger partial charge on any atom is 0.460 e. The molecule has 1 aliphatic rings. The zero-order chi connectivity index (χ0) is 36.0. The topological polar surface area (TPSA) is 8.81 Å². The van der Waals surface area contributed by atoms with Gasteiger partial charge in [0.2, 0.25) is 6.20 Å². The van der Waals surface area contributed by atoms with Crippen LogP contribution in [0, 0.1) is 0 Å². The summed E-state index contributed by atoms with van der Waals surface area (Å²) >= 11 is 0. The van der Waals surface area contributed by atoms with Crippen molar-refractivity contribution in [3.63, 3.8) is 0 Å². The molecule has 0 amide bonds. The smallest absolute Gasteiger partial charge is 0.194 e. The van der Waals surface area contributed by atoms with Gasteiger partial charge in [0.15, 0.2) is 6.54 Å². The molecule has 2 nitrogen and oxygen atoms in total. The summed E-state index contributed by atoms with van der Waals surface area (Å²) in [5.41, 5.74) is -3.99. The highest BCUT2D eigenvalue weighted by molar-refractivity contribution is 5.64. The summed E-state index contributed by atoms with van der Waals surface area (Å²) in [6.07, 6.45) is -7.83. The molecule has 0 spiro atoms. The fraction of sp³-hybridized carbons (Fsp3) is 0.609. The van der Waals surface area contributed by atoms with E-state index in [0.29, 0.717) is 4.68 Å². The van der Waals surface area contributed by atoms with Gasteiger partial charge in [-0.05, 0) is 6.42 Å².